The van der Waals surface area contributed by atoms with Gasteiger partial charge in [0.25, 0.3) is 7.82 Å². The Kier molecular flexibility index (Phi) is 64.2. The third kappa shape index (κ3) is 67.7. The second-order valence-corrected chi connectivity index (χ2v) is 27.7. The fraction of sp³-hybridized carbons (Fsp3) is 0.853. The van der Waals surface area contributed by atoms with E-state index in [1.165, 1.54) is 263 Å². The minimum absolute atomic E-state index is 0.0141. The van der Waals surface area contributed by atoms with Gasteiger partial charge in [0.05, 0.1) is 39.9 Å². The number of carbonyl (C=O) groups is 1. The minimum Gasteiger partial charge on any atom is -0.756 e. The zero-order valence-corrected chi connectivity index (χ0v) is 57.5. The lowest BCUT2D eigenvalue weighted by molar-refractivity contribution is -0.870. The van der Waals surface area contributed by atoms with E-state index in [1.54, 1.807) is 0 Å². The molecule has 494 valence electrons. The number of quaternary nitrogens is 1. The van der Waals surface area contributed by atoms with E-state index in [0.29, 0.717) is 23.9 Å². The van der Waals surface area contributed by atoms with E-state index in [0.717, 1.165) is 70.6 Å². The molecular weight excluding hydrogens is 1060 g/mol. The highest BCUT2D eigenvalue weighted by Gasteiger charge is 2.24. The number of aliphatic hydroxyl groups excluding tert-OH is 1. The molecule has 0 aromatic rings. The van der Waals surface area contributed by atoms with Crippen molar-refractivity contribution in [3.63, 3.8) is 0 Å². The molecule has 0 aromatic heterocycles. The Morgan fingerprint density at radius 3 is 1.06 bits per heavy atom. The first kappa shape index (κ1) is 82.2. The molecule has 2 N–H and O–H groups in total. The van der Waals surface area contributed by atoms with E-state index < -0.39 is 20.0 Å². The number of phosphoric ester groups is 1. The Labute approximate surface area is 523 Å². The molecule has 0 bridgehead atoms. The zero-order chi connectivity index (χ0) is 61.2. The summed E-state index contributed by atoms with van der Waals surface area (Å²) in [4.78, 5) is 25.7. The quantitative estimate of drug-likeness (QED) is 0.0272. The summed E-state index contributed by atoms with van der Waals surface area (Å²) < 4.78 is 23.5. The van der Waals surface area contributed by atoms with Gasteiger partial charge < -0.3 is 28.8 Å². The van der Waals surface area contributed by atoms with Gasteiger partial charge in [-0.3, -0.25) is 9.36 Å². The van der Waals surface area contributed by atoms with Crippen LogP contribution in [0.2, 0.25) is 0 Å². The molecular formula is C75H143N2O6P. The first-order valence-electron chi connectivity index (χ1n) is 36.6. The first-order valence-corrected chi connectivity index (χ1v) is 38.1. The lowest BCUT2D eigenvalue weighted by atomic mass is 10.0. The zero-order valence-electron chi connectivity index (χ0n) is 56.6. The summed E-state index contributed by atoms with van der Waals surface area (Å²) in [6, 6.07) is -0.801. The van der Waals surface area contributed by atoms with Crippen LogP contribution in [0.4, 0.5) is 0 Å². The van der Waals surface area contributed by atoms with Crippen LogP contribution >= 0.6 is 7.82 Å². The number of nitrogens with zero attached hydrogens (tertiary/aromatic N) is 1. The van der Waals surface area contributed by atoms with Crippen molar-refractivity contribution in [1.29, 1.82) is 0 Å². The van der Waals surface area contributed by atoms with Crippen molar-refractivity contribution in [2.24, 2.45) is 0 Å². The number of nitrogens with one attached hydrogen (secondary N) is 1. The van der Waals surface area contributed by atoms with Gasteiger partial charge in [0.15, 0.2) is 0 Å². The Morgan fingerprint density at radius 1 is 0.429 bits per heavy atom. The summed E-state index contributed by atoms with van der Waals surface area (Å²) in [5.74, 6) is -0.157. The molecule has 0 aliphatic carbocycles. The molecule has 0 radical (unpaired) electrons. The molecule has 0 saturated heterocycles. The lowest BCUT2D eigenvalue weighted by Gasteiger charge is -2.30. The van der Waals surface area contributed by atoms with Gasteiger partial charge in [0, 0.05) is 6.42 Å². The van der Waals surface area contributed by atoms with E-state index in [1.807, 2.05) is 21.1 Å². The standard InChI is InChI=1S/C75H143N2O6P/c1-6-8-10-12-14-16-18-20-22-24-26-28-29-30-31-32-33-34-35-36-37-38-39-40-41-42-43-44-45-46-47-49-51-53-55-57-59-61-63-65-67-69-75(79)76-73(72-83-84(80,81)82-71-70-77(3,4)5)74(78)68-66-64-62-60-58-56-54-52-50-48-27-25-23-21-19-17-15-13-11-9-7-2/h8,10,14,16,20,22,26,28,30-31,73-74,78H,6-7,9,11-13,15,17-19,21,23-25,27,29,32-72H2,1-5H3,(H-,76,79,80,81)/b10-8-,16-14-,22-20-,28-26-,31-30-. The largest absolute Gasteiger partial charge is 0.756 e. The topological polar surface area (TPSA) is 108 Å². The van der Waals surface area contributed by atoms with Crippen molar-refractivity contribution < 1.29 is 32.9 Å². The SMILES string of the molecule is CC/C=C\C/C=C\C/C=C\C/C=C\C/C=C\CCCCCCCCCCCCCCCCCCCCCCCCCCCC(=O)NC(COP(=O)([O-])OCC[N+](C)(C)C)C(O)CCCCCCCCCCCCCCCCCCCCCCC. The van der Waals surface area contributed by atoms with Gasteiger partial charge in [-0.25, -0.2) is 0 Å². The van der Waals surface area contributed by atoms with Crippen molar-refractivity contribution >= 4 is 13.7 Å². The van der Waals surface area contributed by atoms with Gasteiger partial charge in [-0.1, -0.05) is 357 Å². The third-order valence-corrected chi connectivity index (χ3v) is 17.7. The molecule has 3 atom stereocenters. The number of allylic oxidation sites excluding steroid dienone is 10. The Hall–Kier alpha value is -1.80. The number of phosphoric acid groups is 1. The van der Waals surface area contributed by atoms with Gasteiger partial charge >= 0.3 is 0 Å². The highest BCUT2D eigenvalue weighted by atomic mass is 31.2. The summed E-state index contributed by atoms with van der Waals surface area (Å²) in [5.41, 5.74) is 0. The van der Waals surface area contributed by atoms with Crippen LogP contribution in [0, 0.1) is 0 Å². The predicted molar refractivity (Wildman–Crippen MR) is 367 cm³/mol. The molecule has 84 heavy (non-hydrogen) atoms. The smallest absolute Gasteiger partial charge is 0.268 e. The summed E-state index contributed by atoms with van der Waals surface area (Å²) in [6.45, 7) is 4.66. The van der Waals surface area contributed by atoms with Crippen LogP contribution < -0.4 is 10.2 Å². The van der Waals surface area contributed by atoms with Crippen LogP contribution in [-0.4, -0.2) is 68.5 Å². The van der Waals surface area contributed by atoms with Crippen LogP contribution in [-0.2, 0) is 18.4 Å². The molecule has 0 aromatic carbocycles. The van der Waals surface area contributed by atoms with E-state index >= 15 is 0 Å². The normalized spacial score (nSPS) is 13.9. The number of amides is 1. The number of hydrogen-bond acceptors (Lipinski definition) is 6. The summed E-state index contributed by atoms with van der Waals surface area (Å²) >= 11 is 0. The van der Waals surface area contributed by atoms with E-state index in [-0.39, 0.29) is 19.1 Å². The van der Waals surface area contributed by atoms with E-state index in [2.05, 4.69) is 79.9 Å². The molecule has 8 nitrogen and oxygen atoms in total. The molecule has 0 heterocycles. The fourth-order valence-electron chi connectivity index (χ4n) is 11.1. The molecule has 0 aliphatic rings. The molecule has 0 fully saturated rings. The number of carbonyl (C=O) groups excluding carboxylic acids is 1. The molecule has 9 heteroatoms. The molecule has 0 spiro atoms. The second kappa shape index (κ2) is 65.6. The predicted octanol–water partition coefficient (Wildman–Crippen LogP) is 22.9. The number of rotatable bonds is 68. The van der Waals surface area contributed by atoms with Crippen LogP contribution in [0.15, 0.2) is 60.8 Å². The van der Waals surface area contributed by atoms with Gasteiger partial charge in [-0.2, -0.15) is 0 Å². The van der Waals surface area contributed by atoms with Gasteiger partial charge in [0.1, 0.15) is 13.2 Å². The van der Waals surface area contributed by atoms with Crippen molar-refractivity contribution in [2.45, 2.75) is 373 Å². The average Bonchev–Trinajstić information content (AvgIpc) is 3.56. The third-order valence-electron chi connectivity index (χ3n) is 16.8. The molecule has 1 amide bonds. The fourth-order valence-corrected chi connectivity index (χ4v) is 11.9. The minimum atomic E-state index is -4.58. The van der Waals surface area contributed by atoms with Crippen molar-refractivity contribution in [1.82, 2.24) is 5.32 Å². The second-order valence-electron chi connectivity index (χ2n) is 26.3. The summed E-state index contributed by atoms with van der Waals surface area (Å²) in [7, 11) is 1.32. The summed E-state index contributed by atoms with van der Waals surface area (Å²) in [6.07, 6.45) is 90.3. The van der Waals surface area contributed by atoms with Crippen LogP contribution in [0.5, 0.6) is 0 Å². The van der Waals surface area contributed by atoms with Crippen molar-refractivity contribution in [3.8, 4) is 0 Å². The number of unbranched alkanes of at least 4 members (excludes halogenated alkanes) is 45. The highest BCUT2D eigenvalue weighted by Crippen LogP contribution is 2.38. The first-order chi connectivity index (χ1) is 41.0. The van der Waals surface area contributed by atoms with Crippen LogP contribution in [0.3, 0.4) is 0 Å². The maximum atomic E-state index is 13.1. The monoisotopic (exact) mass is 1200 g/mol. The van der Waals surface area contributed by atoms with Crippen LogP contribution in [0.1, 0.15) is 361 Å². The number of aliphatic hydroxyl groups is 1. The molecule has 0 rings (SSSR count). The molecule has 3 unspecified atom stereocenters. The Balaban J connectivity index is 3.89. The van der Waals surface area contributed by atoms with Gasteiger partial charge in [-0.05, 0) is 57.8 Å². The van der Waals surface area contributed by atoms with Gasteiger partial charge in [-0.15, -0.1) is 0 Å². The number of likely N-dealkylation sites (N-methyl/N-ethyl adjacent to an activating group) is 1. The maximum Gasteiger partial charge on any atom is 0.268 e. The lowest BCUT2D eigenvalue weighted by Crippen LogP contribution is -2.46. The van der Waals surface area contributed by atoms with Crippen molar-refractivity contribution in [3.05, 3.63) is 60.8 Å². The van der Waals surface area contributed by atoms with Crippen molar-refractivity contribution in [2.75, 3.05) is 40.9 Å². The molecule has 0 saturated carbocycles. The van der Waals surface area contributed by atoms with E-state index in [4.69, 9.17) is 9.05 Å². The van der Waals surface area contributed by atoms with Gasteiger partial charge in [0.2, 0.25) is 5.91 Å². The molecule has 0 aliphatic heterocycles. The average molecular weight is 1200 g/mol. The number of hydrogen-bond donors (Lipinski definition) is 2. The summed E-state index contributed by atoms with van der Waals surface area (Å²) in [5, 5.41) is 14.1. The Bertz CT molecular complexity index is 1550. The van der Waals surface area contributed by atoms with Crippen LogP contribution in [0.25, 0.3) is 0 Å². The highest BCUT2D eigenvalue weighted by molar-refractivity contribution is 7.45. The van der Waals surface area contributed by atoms with E-state index in [9.17, 15) is 19.4 Å². The Morgan fingerprint density at radius 2 is 0.726 bits per heavy atom. The maximum absolute atomic E-state index is 13.1.